The van der Waals surface area contributed by atoms with Gasteiger partial charge in [-0.2, -0.15) is 0 Å². The summed E-state index contributed by atoms with van der Waals surface area (Å²) < 4.78 is 16.3. The maximum Gasteiger partial charge on any atom is 0.222 e. The molecule has 170 valence electrons. The van der Waals surface area contributed by atoms with Gasteiger partial charge in [0.2, 0.25) is 5.91 Å². The third-order valence-corrected chi connectivity index (χ3v) is 4.86. The molecule has 1 aliphatic heterocycles. The van der Waals surface area contributed by atoms with Gasteiger partial charge in [0, 0.05) is 56.8 Å². The number of halogens is 1. The fourth-order valence-electron chi connectivity index (χ4n) is 3.36. The minimum Gasteiger partial charge on any atom is -0.496 e. The zero-order valence-electron chi connectivity index (χ0n) is 18.5. The van der Waals surface area contributed by atoms with Gasteiger partial charge < -0.3 is 29.7 Å². The van der Waals surface area contributed by atoms with Crippen LogP contribution in [0.2, 0.25) is 0 Å². The number of nitrogens with zero attached hydrogens (tertiary/aromatic N) is 2. The van der Waals surface area contributed by atoms with E-state index in [0.717, 1.165) is 55.5 Å². The van der Waals surface area contributed by atoms with Crippen molar-refractivity contribution in [3.63, 3.8) is 0 Å². The SMILES string of the molecule is CCNC(=NCCCN1CCCC1=O)NCCc1c(OC)cc(OC)cc1OC.I. The van der Waals surface area contributed by atoms with Crippen molar-refractivity contribution in [3.05, 3.63) is 17.7 Å². The van der Waals surface area contributed by atoms with E-state index in [1.54, 1.807) is 21.3 Å². The first kappa shape index (κ1) is 26.1. The van der Waals surface area contributed by atoms with Crippen LogP contribution in [0.15, 0.2) is 17.1 Å². The monoisotopic (exact) mass is 534 g/mol. The molecule has 1 aromatic rings. The predicted molar refractivity (Wildman–Crippen MR) is 130 cm³/mol. The Labute approximate surface area is 196 Å². The zero-order chi connectivity index (χ0) is 21.1. The molecule has 0 atom stereocenters. The highest BCUT2D eigenvalue weighted by Gasteiger charge is 2.19. The molecule has 2 rings (SSSR count). The fourth-order valence-corrected chi connectivity index (χ4v) is 3.36. The molecule has 0 unspecified atom stereocenters. The maximum absolute atomic E-state index is 11.7. The Morgan fingerprint density at radius 1 is 1.13 bits per heavy atom. The molecule has 0 aromatic heterocycles. The van der Waals surface area contributed by atoms with Crippen molar-refractivity contribution < 1.29 is 19.0 Å². The van der Waals surface area contributed by atoms with E-state index in [0.29, 0.717) is 31.7 Å². The van der Waals surface area contributed by atoms with Gasteiger partial charge in [0.25, 0.3) is 0 Å². The van der Waals surface area contributed by atoms with Crippen molar-refractivity contribution in [1.29, 1.82) is 0 Å². The van der Waals surface area contributed by atoms with Crippen LogP contribution >= 0.6 is 24.0 Å². The van der Waals surface area contributed by atoms with Crippen molar-refractivity contribution in [2.45, 2.75) is 32.6 Å². The van der Waals surface area contributed by atoms with Gasteiger partial charge in [-0.3, -0.25) is 9.79 Å². The highest BCUT2D eigenvalue weighted by Crippen LogP contribution is 2.34. The number of carbonyl (C=O) groups is 1. The van der Waals surface area contributed by atoms with Gasteiger partial charge in [-0.1, -0.05) is 0 Å². The second-order valence-corrected chi connectivity index (χ2v) is 6.79. The van der Waals surface area contributed by atoms with Crippen LogP contribution in [0.4, 0.5) is 0 Å². The van der Waals surface area contributed by atoms with E-state index < -0.39 is 0 Å². The second-order valence-electron chi connectivity index (χ2n) is 6.79. The minimum absolute atomic E-state index is 0. The molecule has 1 amide bonds. The summed E-state index contributed by atoms with van der Waals surface area (Å²) in [5, 5.41) is 6.61. The standard InChI is InChI=1S/C21H34N4O4.HI/c1-5-22-21(23-10-7-13-25-12-6-8-20(25)26)24-11-9-17-18(28-3)14-16(27-2)15-19(17)29-4;/h14-15H,5-13H2,1-4H3,(H2,22,23,24);1H. The number of hydrogen-bond donors (Lipinski definition) is 2. The number of hydrogen-bond acceptors (Lipinski definition) is 5. The topological polar surface area (TPSA) is 84.4 Å². The van der Waals surface area contributed by atoms with Crippen LogP contribution in [0.3, 0.4) is 0 Å². The summed E-state index contributed by atoms with van der Waals surface area (Å²) in [6, 6.07) is 3.72. The minimum atomic E-state index is 0. The number of ether oxygens (including phenoxy) is 3. The molecule has 0 aliphatic carbocycles. The smallest absolute Gasteiger partial charge is 0.222 e. The van der Waals surface area contributed by atoms with Crippen LogP contribution in [-0.4, -0.2) is 70.8 Å². The lowest BCUT2D eigenvalue weighted by Crippen LogP contribution is -2.38. The maximum atomic E-state index is 11.7. The highest BCUT2D eigenvalue weighted by atomic mass is 127. The van der Waals surface area contributed by atoms with Gasteiger partial charge >= 0.3 is 0 Å². The third-order valence-electron chi connectivity index (χ3n) is 4.86. The number of carbonyl (C=O) groups excluding carboxylic acids is 1. The summed E-state index contributed by atoms with van der Waals surface area (Å²) in [6.45, 7) is 5.83. The molecule has 8 nitrogen and oxygen atoms in total. The zero-order valence-corrected chi connectivity index (χ0v) is 20.8. The second kappa shape index (κ2) is 14.2. The summed E-state index contributed by atoms with van der Waals surface area (Å²) in [5.41, 5.74) is 0.978. The molecule has 1 saturated heterocycles. The number of nitrogens with one attached hydrogen (secondary N) is 2. The Bertz CT molecular complexity index is 675. The van der Waals surface area contributed by atoms with Crippen LogP contribution in [0, 0.1) is 0 Å². The van der Waals surface area contributed by atoms with E-state index >= 15 is 0 Å². The summed E-state index contributed by atoms with van der Waals surface area (Å²) in [4.78, 5) is 18.2. The number of amides is 1. The lowest BCUT2D eigenvalue weighted by atomic mass is 10.1. The van der Waals surface area contributed by atoms with Crippen LogP contribution in [0.25, 0.3) is 0 Å². The van der Waals surface area contributed by atoms with Crippen molar-refractivity contribution in [1.82, 2.24) is 15.5 Å². The number of aliphatic imine (C=N–C) groups is 1. The van der Waals surface area contributed by atoms with Gasteiger partial charge in [-0.15, -0.1) is 24.0 Å². The average Bonchev–Trinajstić information content (AvgIpc) is 3.15. The molecular formula is C21H35IN4O4. The Hall–Kier alpha value is -1.91. The Kier molecular flexibility index (Phi) is 12.3. The van der Waals surface area contributed by atoms with Gasteiger partial charge in [0.1, 0.15) is 17.2 Å². The quantitative estimate of drug-likeness (QED) is 0.197. The largest absolute Gasteiger partial charge is 0.496 e. The molecule has 30 heavy (non-hydrogen) atoms. The third kappa shape index (κ3) is 7.73. The first-order chi connectivity index (χ1) is 14.1. The van der Waals surface area contributed by atoms with E-state index in [9.17, 15) is 4.79 Å². The predicted octanol–water partition coefficient (Wildman–Crippen LogP) is 2.44. The van der Waals surface area contributed by atoms with Crippen LogP contribution in [-0.2, 0) is 11.2 Å². The van der Waals surface area contributed by atoms with E-state index in [1.165, 1.54) is 0 Å². The molecule has 1 heterocycles. The molecule has 0 spiro atoms. The fraction of sp³-hybridized carbons (Fsp3) is 0.619. The molecule has 1 fully saturated rings. The number of methoxy groups -OCH3 is 3. The van der Waals surface area contributed by atoms with E-state index in [4.69, 9.17) is 14.2 Å². The molecule has 2 N–H and O–H groups in total. The normalized spacial score (nSPS) is 13.7. The Morgan fingerprint density at radius 2 is 1.83 bits per heavy atom. The van der Waals surface area contributed by atoms with Crippen molar-refractivity contribution >= 4 is 35.8 Å². The van der Waals surface area contributed by atoms with E-state index in [-0.39, 0.29) is 29.9 Å². The van der Waals surface area contributed by atoms with Crippen molar-refractivity contribution in [3.8, 4) is 17.2 Å². The molecule has 1 aliphatic rings. The average molecular weight is 534 g/mol. The summed E-state index contributed by atoms with van der Waals surface area (Å²) in [6.07, 6.45) is 3.24. The molecule has 1 aromatic carbocycles. The van der Waals surface area contributed by atoms with E-state index in [2.05, 4.69) is 15.6 Å². The van der Waals surface area contributed by atoms with Crippen molar-refractivity contribution in [2.24, 2.45) is 4.99 Å². The summed E-state index contributed by atoms with van der Waals surface area (Å²) >= 11 is 0. The first-order valence-electron chi connectivity index (χ1n) is 10.2. The number of benzene rings is 1. The lowest BCUT2D eigenvalue weighted by Gasteiger charge is -2.17. The molecule has 0 bridgehead atoms. The Balaban J connectivity index is 0.00000450. The van der Waals surface area contributed by atoms with Crippen LogP contribution < -0.4 is 24.8 Å². The van der Waals surface area contributed by atoms with Gasteiger partial charge in [-0.05, 0) is 26.2 Å². The molecule has 9 heteroatoms. The van der Waals surface area contributed by atoms with Crippen LogP contribution in [0.1, 0.15) is 31.7 Å². The molecule has 0 radical (unpaired) electrons. The molecule has 0 saturated carbocycles. The van der Waals surface area contributed by atoms with Gasteiger partial charge in [0.15, 0.2) is 5.96 Å². The highest BCUT2D eigenvalue weighted by molar-refractivity contribution is 14.0. The first-order valence-corrected chi connectivity index (χ1v) is 10.2. The lowest BCUT2D eigenvalue weighted by molar-refractivity contribution is -0.127. The summed E-state index contributed by atoms with van der Waals surface area (Å²) in [5.74, 6) is 3.20. The van der Waals surface area contributed by atoms with Crippen molar-refractivity contribution in [2.75, 3.05) is 54.1 Å². The number of likely N-dealkylation sites (tertiary alicyclic amines) is 1. The number of guanidine groups is 1. The molecular weight excluding hydrogens is 499 g/mol. The number of rotatable bonds is 11. The van der Waals surface area contributed by atoms with Gasteiger partial charge in [0.05, 0.1) is 21.3 Å². The van der Waals surface area contributed by atoms with Crippen LogP contribution in [0.5, 0.6) is 17.2 Å². The van der Waals surface area contributed by atoms with E-state index in [1.807, 2.05) is 24.0 Å². The van der Waals surface area contributed by atoms with Gasteiger partial charge in [-0.25, -0.2) is 0 Å². The Morgan fingerprint density at radius 3 is 2.37 bits per heavy atom. The summed E-state index contributed by atoms with van der Waals surface area (Å²) in [7, 11) is 4.90.